The molecule has 0 bridgehead atoms. The molecule has 1 saturated carbocycles. The Morgan fingerprint density at radius 1 is 1.38 bits per heavy atom. The minimum Gasteiger partial charge on any atom is -0.336 e. The molecule has 0 aromatic rings. The number of nitrogens with zero attached hydrogens (tertiary/aromatic N) is 1. The summed E-state index contributed by atoms with van der Waals surface area (Å²) in [5.41, 5.74) is 0. The van der Waals surface area contributed by atoms with Crippen molar-refractivity contribution in [3.05, 3.63) is 12.2 Å². The van der Waals surface area contributed by atoms with Crippen LogP contribution in [0.2, 0.25) is 0 Å². The first kappa shape index (κ1) is 8.79. The van der Waals surface area contributed by atoms with Gasteiger partial charge in [-0.15, -0.1) is 0 Å². The van der Waals surface area contributed by atoms with E-state index < -0.39 is 0 Å². The minimum absolute atomic E-state index is 0.219. The predicted molar refractivity (Wildman–Crippen MR) is 52.3 cm³/mol. The van der Waals surface area contributed by atoms with Crippen LogP contribution in [0.25, 0.3) is 0 Å². The monoisotopic (exact) mass is 179 g/mol. The second-order valence-corrected chi connectivity index (χ2v) is 4.08. The van der Waals surface area contributed by atoms with E-state index in [1.165, 1.54) is 25.7 Å². The van der Waals surface area contributed by atoms with Gasteiger partial charge in [-0.2, -0.15) is 0 Å². The molecule has 1 amide bonds. The highest BCUT2D eigenvalue weighted by Crippen LogP contribution is 2.37. The Kier molecular flexibility index (Phi) is 2.38. The van der Waals surface area contributed by atoms with E-state index in [9.17, 15) is 4.79 Å². The lowest BCUT2D eigenvalue weighted by Crippen LogP contribution is -2.34. The lowest BCUT2D eigenvalue weighted by molar-refractivity contribution is -0.126. The first-order valence-corrected chi connectivity index (χ1v) is 5.26. The smallest absolute Gasteiger partial charge is 0.246 e. The summed E-state index contributed by atoms with van der Waals surface area (Å²) in [4.78, 5) is 13.7. The van der Waals surface area contributed by atoms with Crippen molar-refractivity contribution in [1.82, 2.24) is 4.90 Å². The van der Waals surface area contributed by atoms with Gasteiger partial charge in [0.1, 0.15) is 0 Å². The number of allylic oxidation sites excluding steroid dienone is 1. The van der Waals surface area contributed by atoms with Crippen LogP contribution < -0.4 is 0 Å². The zero-order chi connectivity index (χ0) is 9.26. The van der Waals surface area contributed by atoms with Gasteiger partial charge in [-0.1, -0.05) is 12.5 Å². The first-order chi connectivity index (χ1) is 6.33. The SMILES string of the molecule is C/C=C/C(=O)N1CCC2CCCC21. The molecule has 2 atom stereocenters. The summed E-state index contributed by atoms with van der Waals surface area (Å²) in [6.45, 7) is 2.89. The van der Waals surface area contributed by atoms with Crippen LogP contribution in [-0.4, -0.2) is 23.4 Å². The summed E-state index contributed by atoms with van der Waals surface area (Å²) in [5.74, 6) is 1.03. The summed E-state index contributed by atoms with van der Waals surface area (Å²) in [7, 11) is 0. The molecule has 0 radical (unpaired) electrons. The Morgan fingerprint density at radius 3 is 3.00 bits per heavy atom. The molecule has 1 heterocycles. The van der Waals surface area contributed by atoms with E-state index in [0.717, 1.165) is 12.5 Å². The van der Waals surface area contributed by atoms with Gasteiger partial charge < -0.3 is 4.90 Å². The molecule has 72 valence electrons. The molecule has 2 heteroatoms. The molecule has 2 unspecified atom stereocenters. The molecule has 2 aliphatic rings. The van der Waals surface area contributed by atoms with Crippen molar-refractivity contribution < 1.29 is 4.79 Å². The van der Waals surface area contributed by atoms with Crippen LogP contribution in [0.1, 0.15) is 32.6 Å². The van der Waals surface area contributed by atoms with Gasteiger partial charge in [0.2, 0.25) is 5.91 Å². The highest BCUT2D eigenvalue weighted by atomic mass is 16.2. The summed E-state index contributed by atoms with van der Waals surface area (Å²) < 4.78 is 0. The van der Waals surface area contributed by atoms with Crippen molar-refractivity contribution in [3.63, 3.8) is 0 Å². The zero-order valence-corrected chi connectivity index (χ0v) is 8.20. The molecule has 0 N–H and O–H groups in total. The van der Waals surface area contributed by atoms with Gasteiger partial charge in [-0.3, -0.25) is 4.79 Å². The quantitative estimate of drug-likeness (QED) is 0.563. The van der Waals surface area contributed by atoms with Crippen molar-refractivity contribution in [1.29, 1.82) is 0 Å². The average Bonchev–Trinajstić information content (AvgIpc) is 2.62. The second-order valence-electron chi connectivity index (χ2n) is 4.08. The van der Waals surface area contributed by atoms with Crippen molar-refractivity contribution in [2.45, 2.75) is 38.6 Å². The van der Waals surface area contributed by atoms with Crippen LogP contribution in [0, 0.1) is 5.92 Å². The van der Waals surface area contributed by atoms with Crippen LogP contribution in [0.15, 0.2) is 12.2 Å². The molecular formula is C11H17NO. The molecule has 0 aromatic carbocycles. The molecule has 2 nitrogen and oxygen atoms in total. The van der Waals surface area contributed by atoms with Gasteiger partial charge >= 0.3 is 0 Å². The number of carbonyl (C=O) groups is 1. The largest absolute Gasteiger partial charge is 0.336 e. The number of rotatable bonds is 1. The molecular weight excluding hydrogens is 162 g/mol. The fraction of sp³-hybridized carbons (Fsp3) is 0.727. The van der Waals surface area contributed by atoms with Crippen LogP contribution >= 0.6 is 0 Å². The van der Waals surface area contributed by atoms with Crippen LogP contribution in [0.4, 0.5) is 0 Å². The van der Waals surface area contributed by atoms with Gasteiger partial charge in [0, 0.05) is 12.6 Å². The third-order valence-electron chi connectivity index (χ3n) is 3.35. The van der Waals surface area contributed by atoms with E-state index in [0.29, 0.717) is 6.04 Å². The van der Waals surface area contributed by atoms with E-state index in [-0.39, 0.29) is 5.91 Å². The highest BCUT2D eigenvalue weighted by Gasteiger charge is 2.38. The van der Waals surface area contributed by atoms with Crippen molar-refractivity contribution in [3.8, 4) is 0 Å². The second kappa shape index (κ2) is 3.52. The fourth-order valence-corrected chi connectivity index (χ4v) is 2.75. The summed E-state index contributed by atoms with van der Waals surface area (Å²) in [6, 6.07) is 0.573. The van der Waals surface area contributed by atoms with Crippen LogP contribution in [0.5, 0.6) is 0 Å². The molecule has 0 aromatic heterocycles. The number of carbonyl (C=O) groups excluding carboxylic acids is 1. The van der Waals surface area contributed by atoms with E-state index in [1.54, 1.807) is 6.08 Å². The Hall–Kier alpha value is -0.790. The maximum Gasteiger partial charge on any atom is 0.246 e. The molecule has 2 rings (SSSR count). The summed E-state index contributed by atoms with van der Waals surface area (Å²) in [5, 5.41) is 0. The molecule has 0 spiro atoms. The van der Waals surface area contributed by atoms with Gasteiger partial charge in [0.15, 0.2) is 0 Å². The van der Waals surface area contributed by atoms with E-state index in [4.69, 9.17) is 0 Å². The van der Waals surface area contributed by atoms with E-state index in [1.807, 2.05) is 13.0 Å². The number of likely N-dealkylation sites (tertiary alicyclic amines) is 1. The Bertz CT molecular complexity index is 234. The first-order valence-electron chi connectivity index (χ1n) is 5.26. The van der Waals surface area contributed by atoms with Gasteiger partial charge in [0.05, 0.1) is 0 Å². The Morgan fingerprint density at radius 2 is 2.23 bits per heavy atom. The lowest BCUT2D eigenvalue weighted by atomic mass is 10.0. The highest BCUT2D eigenvalue weighted by molar-refractivity contribution is 5.88. The Balaban J connectivity index is 2.04. The molecule has 1 saturated heterocycles. The van der Waals surface area contributed by atoms with E-state index in [2.05, 4.69) is 4.90 Å². The third kappa shape index (κ3) is 1.50. The van der Waals surface area contributed by atoms with Crippen molar-refractivity contribution in [2.24, 2.45) is 5.92 Å². The predicted octanol–water partition coefficient (Wildman–Crippen LogP) is 1.96. The van der Waals surface area contributed by atoms with Crippen molar-refractivity contribution >= 4 is 5.91 Å². The average molecular weight is 179 g/mol. The van der Waals surface area contributed by atoms with Gasteiger partial charge in [0.25, 0.3) is 0 Å². The van der Waals surface area contributed by atoms with Crippen LogP contribution in [-0.2, 0) is 4.79 Å². The molecule has 2 fully saturated rings. The van der Waals surface area contributed by atoms with Crippen molar-refractivity contribution in [2.75, 3.05) is 6.54 Å². The zero-order valence-electron chi connectivity index (χ0n) is 8.20. The summed E-state index contributed by atoms with van der Waals surface area (Å²) >= 11 is 0. The molecule has 1 aliphatic heterocycles. The van der Waals surface area contributed by atoms with Gasteiger partial charge in [-0.25, -0.2) is 0 Å². The van der Waals surface area contributed by atoms with E-state index >= 15 is 0 Å². The number of hydrogen-bond acceptors (Lipinski definition) is 1. The lowest BCUT2D eigenvalue weighted by Gasteiger charge is -2.22. The molecule has 1 aliphatic carbocycles. The summed E-state index contributed by atoms with van der Waals surface area (Å²) in [6.07, 6.45) is 8.65. The third-order valence-corrected chi connectivity index (χ3v) is 3.35. The minimum atomic E-state index is 0.219. The number of hydrogen-bond donors (Lipinski definition) is 0. The normalized spacial score (nSPS) is 32.8. The Labute approximate surface area is 79.6 Å². The molecule has 13 heavy (non-hydrogen) atoms. The maximum absolute atomic E-state index is 11.6. The van der Waals surface area contributed by atoms with Crippen LogP contribution in [0.3, 0.4) is 0 Å². The standard InChI is InChI=1S/C11H17NO/c1-2-4-11(13)12-8-7-9-5-3-6-10(9)12/h2,4,9-10H,3,5-8H2,1H3/b4-2+. The number of fused-ring (bicyclic) bond motifs is 1. The number of amides is 1. The topological polar surface area (TPSA) is 20.3 Å². The fourth-order valence-electron chi connectivity index (χ4n) is 2.75. The van der Waals surface area contributed by atoms with Gasteiger partial charge in [-0.05, 0) is 38.2 Å². The maximum atomic E-state index is 11.6.